The Kier molecular flexibility index (Phi) is 4.33. The summed E-state index contributed by atoms with van der Waals surface area (Å²) in [5.74, 6) is -1.96. The molecule has 1 rings (SSSR count). The molecule has 6 N–H and O–H groups in total. The Labute approximate surface area is 91.0 Å². The highest BCUT2D eigenvalue weighted by Gasteiger charge is 2.42. The van der Waals surface area contributed by atoms with E-state index in [0.717, 1.165) is 0 Å². The highest BCUT2D eigenvalue weighted by molar-refractivity contribution is 6.36. The van der Waals surface area contributed by atoms with Gasteiger partial charge in [-0.2, -0.15) is 0 Å². The van der Waals surface area contributed by atoms with Crippen LogP contribution in [0.1, 0.15) is 0 Å². The molecule has 1 saturated heterocycles. The molecule has 92 valence electrons. The predicted octanol–water partition coefficient (Wildman–Crippen LogP) is -3.93. The van der Waals surface area contributed by atoms with Crippen LogP contribution in [0.3, 0.4) is 0 Å². The summed E-state index contributed by atoms with van der Waals surface area (Å²) in [4.78, 5) is 21.3. The predicted molar refractivity (Wildman–Crippen MR) is 50.0 cm³/mol. The van der Waals surface area contributed by atoms with E-state index in [1.165, 1.54) is 0 Å². The molecule has 1 heterocycles. The number of Topliss-reactive ketones (excluding diaryl/α,β-unsaturated/α-hetero) is 1. The lowest BCUT2D eigenvalue weighted by Gasteiger charge is -2.15. The molecule has 4 atom stereocenters. The first-order valence-corrected chi connectivity index (χ1v) is 4.65. The van der Waals surface area contributed by atoms with Gasteiger partial charge in [0.2, 0.25) is 5.78 Å². The summed E-state index contributed by atoms with van der Waals surface area (Å²) < 4.78 is 5.00. The van der Waals surface area contributed by atoms with E-state index in [9.17, 15) is 19.8 Å². The third-order valence-corrected chi connectivity index (χ3v) is 2.28. The molecule has 0 aromatic carbocycles. The van der Waals surface area contributed by atoms with Gasteiger partial charge in [-0.15, -0.1) is 0 Å². The summed E-state index contributed by atoms with van der Waals surface area (Å²) >= 11 is 0. The van der Waals surface area contributed by atoms with E-state index in [0.29, 0.717) is 0 Å². The Balaban J connectivity index is 2.44. The Hall–Kier alpha value is -1.06. The topological polar surface area (TPSA) is 142 Å². The molecule has 0 bridgehead atoms. The van der Waals surface area contributed by atoms with Crippen LogP contribution < -0.4 is 11.1 Å². The fourth-order valence-electron chi connectivity index (χ4n) is 1.35. The quantitative estimate of drug-likeness (QED) is 0.306. The van der Waals surface area contributed by atoms with E-state index in [2.05, 4.69) is 5.32 Å². The summed E-state index contributed by atoms with van der Waals surface area (Å²) in [6.07, 6.45) is -4.46. The van der Waals surface area contributed by atoms with Gasteiger partial charge >= 0.3 is 0 Å². The maximum atomic E-state index is 10.9. The van der Waals surface area contributed by atoms with Crippen molar-refractivity contribution >= 4 is 11.7 Å². The molecule has 8 heteroatoms. The normalized spacial score (nSPS) is 33.9. The fraction of sp³-hybridized carbons (Fsp3) is 0.750. The largest absolute Gasteiger partial charge is 0.394 e. The number of amides is 1. The van der Waals surface area contributed by atoms with Crippen molar-refractivity contribution in [3.63, 3.8) is 0 Å². The standard InChI is InChI=1S/C8H14N2O6/c9-7(15)3(12)1-10-8-6(14)5(13)4(2-11)16-8/h4-6,8,10-11,13-14H,1-2H2,(H2,9,15). The van der Waals surface area contributed by atoms with Crippen molar-refractivity contribution < 1.29 is 29.6 Å². The van der Waals surface area contributed by atoms with Crippen molar-refractivity contribution in [2.75, 3.05) is 13.2 Å². The number of carbonyl (C=O) groups is 2. The lowest BCUT2D eigenvalue weighted by Crippen LogP contribution is -2.44. The van der Waals surface area contributed by atoms with Crippen molar-refractivity contribution in [1.82, 2.24) is 5.32 Å². The van der Waals surface area contributed by atoms with Gasteiger partial charge in [0.05, 0.1) is 13.2 Å². The number of carbonyl (C=O) groups excluding carboxylic acids is 2. The number of ketones is 1. The number of hydrogen-bond donors (Lipinski definition) is 5. The van der Waals surface area contributed by atoms with E-state index in [4.69, 9.17) is 15.6 Å². The number of aliphatic hydroxyl groups excluding tert-OH is 3. The smallest absolute Gasteiger partial charge is 0.286 e. The molecule has 16 heavy (non-hydrogen) atoms. The van der Waals surface area contributed by atoms with Crippen LogP contribution >= 0.6 is 0 Å². The second kappa shape index (κ2) is 5.32. The van der Waals surface area contributed by atoms with E-state index >= 15 is 0 Å². The molecule has 4 unspecified atom stereocenters. The first-order valence-electron chi connectivity index (χ1n) is 4.65. The molecule has 0 aromatic heterocycles. The average molecular weight is 234 g/mol. The number of hydrogen-bond acceptors (Lipinski definition) is 7. The third kappa shape index (κ3) is 2.74. The van der Waals surface area contributed by atoms with E-state index in [-0.39, 0.29) is 0 Å². The van der Waals surface area contributed by atoms with Crippen LogP contribution in [-0.2, 0) is 14.3 Å². The monoisotopic (exact) mass is 234 g/mol. The van der Waals surface area contributed by atoms with Crippen LogP contribution in [0.2, 0.25) is 0 Å². The van der Waals surface area contributed by atoms with Crippen LogP contribution in [0.25, 0.3) is 0 Å². The average Bonchev–Trinajstić information content (AvgIpc) is 2.52. The van der Waals surface area contributed by atoms with E-state index in [1.807, 2.05) is 0 Å². The summed E-state index contributed by atoms with van der Waals surface area (Å²) in [5.41, 5.74) is 4.71. The number of aliphatic hydroxyl groups is 3. The van der Waals surface area contributed by atoms with Gasteiger partial charge in [0, 0.05) is 0 Å². The molecule has 0 saturated carbocycles. The zero-order valence-electron chi connectivity index (χ0n) is 8.37. The lowest BCUT2D eigenvalue weighted by atomic mass is 10.1. The molecule has 1 aliphatic heterocycles. The molecule has 8 nitrogen and oxygen atoms in total. The van der Waals surface area contributed by atoms with Gasteiger partial charge < -0.3 is 25.8 Å². The maximum Gasteiger partial charge on any atom is 0.286 e. The second-order valence-electron chi connectivity index (χ2n) is 3.43. The first kappa shape index (κ1) is 13.0. The molecule has 0 aromatic rings. The van der Waals surface area contributed by atoms with Crippen LogP contribution in [0.4, 0.5) is 0 Å². The lowest BCUT2D eigenvalue weighted by molar-refractivity contribution is -0.136. The van der Waals surface area contributed by atoms with Gasteiger partial charge in [0.25, 0.3) is 5.91 Å². The molecule has 1 fully saturated rings. The van der Waals surface area contributed by atoms with Gasteiger partial charge in [0.1, 0.15) is 24.5 Å². The van der Waals surface area contributed by atoms with Crippen LogP contribution in [-0.4, -0.2) is 64.7 Å². The first-order chi connectivity index (χ1) is 7.47. The minimum Gasteiger partial charge on any atom is -0.394 e. The maximum absolute atomic E-state index is 10.9. The molecule has 1 aliphatic rings. The summed E-state index contributed by atoms with van der Waals surface area (Å²) in [5, 5.41) is 30.0. The van der Waals surface area contributed by atoms with E-state index in [1.54, 1.807) is 0 Å². The minimum atomic E-state index is -1.28. The molecule has 1 amide bonds. The fourth-order valence-corrected chi connectivity index (χ4v) is 1.35. The molecular formula is C8H14N2O6. The van der Waals surface area contributed by atoms with Gasteiger partial charge in [-0.1, -0.05) is 0 Å². The van der Waals surface area contributed by atoms with Crippen molar-refractivity contribution in [2.45, 2.75) is 24.5 Å². The van der Waals surface area contributed by atoms with Crippen molar-refractivity contribution in [3.05, 3.63) is 0 Å². The SMILES string of the molecule is NC(=O)C(=O)CNC1OC(CO)C(O)C1O. The highest BCUT2D eigenvalue weighted by atomic mass is 16.6. The number of rotatable bonds is 5. The summed E-state index contributed by atoms with van der Waals surface area (Å²) in [6, 6.07) is 0. The summed E-state index contributed by atoms with van der Waals surface area (Å²) in [7, 11) is 0. The third-order valence-electron chi connectivity index (χ3n) is 2.28. The molecule has 0 radical (unpaired) electrons. The van der Waals surface area contributed by atoms with Crippen LogP contribution in [0, 0.1) is 0 Å². The van der Waals surface area contributed by atoms with Gasteiger partial charge in [-0.25, -0.2) is 0 Å². The number of nitrogens with one attached hydrogen (secondary N) is 1. The van der Waals surface area contributed by atoms with Crippen LogP contribution in [0.5, 0.6) is 0 Å². The van der Waals surface area contributed by atoms with Crippen molar-refractivity contribution in [1.29, 1.82) is 0 Å². The number of primary amides is 1. The Morgan fingerprint density at radius 2 is 1.94 bits per heavy atom. The Morgan fingerprint density at radius 3 is 2.38 bits per heavy atom. The zero-order chi connectivity index (χ0) is 12.3. The number of nitrogens with two attached hydrogens (primary N) is 1. The molecule has 0 spiro atoms. The minimum absolute atomic E-state index is 0.401. The van der Waals surface area contributed by atoms with Gasteiger partial charge in [-0.05, 0) is 0 Å². The Bertz CT molecular complexity index is 284. The van der Waals surface area contributed by atoms with Crippen molar-refractivity contribution in [2.24, 2.45) is 5.73 Å². The zero-order valence-corrected chi connectivity index (χ0v) is 8.37. The molecule has 0 aliphatic carbocycles. The summed E-state index contributed by atoms with van der Waals surface area (Å²) in [6.45, 7) is -0.859. The van der Waals surface area contributed by atoms with Crippen molar-refractivity contribution in [3.8, 4) is 0 Å². The highest BCUT2D eigenvalue weighted by Crippen LogP contribution is 2.18. The van der Waals surface area contributed by atoms with Gasteiger partial charge in [-0.3, -0.25) is 14.9 Å². The second-order valence-corrected chi connectivity index (χ2v) is 3.43. The van der Waals surface area contributed by atoms with Crippen LogP contribution in [0.15, 0.2) is 0 Å². The van der Waals surface area contributed by atoms with Gasteiger partial charge in [0.15, 0.2) is 0 Å². The van der Waals surface area contributed by atoms with E-state index < -0.39 is 49.4 Å². The molecular weight excluding hydrogens is 220 g/mol. The Morgan fingerprint density at radius 1 is 1.31 bits per heavy atom. The number of ether oxygens (including phenoxy) is 1.